The molecule has 0 amide bonds. The van der Waals surface area contributed by atoms with Gasteiger partial charge in [-0.2, -0.15) is 8.42 Å². The van der Waals surface area contributed by atoms with Gasteiger partial charge in [0.25, 0.3) is 10.1 Å². The molecule has 0 aromatic carbocycles. The first kappa shape index (κ1) is 23.4. The predicted molar refractivity (Wildman–Crippen MR) is 90.4 cm³/mol. The van der Waals surface area contributed by atoms with Crippen LogP contribution in [0.25, 0.3) is 0 Å². The number of hydrogen-bond acceptors (Lipinski definition) is 3. The Morgan fingerprint density at radius 2 is 1.15 bits per heavy atom. The molecular formula is C15H34CaO3S. The molecule has 0 fully saturated rings. The molecule has 5 heteroatoms. The van der Waals surface area contributed by atoms with Crippen LogP contribution in [0.4, 0.5) is 0 Å². The van der Waals surface area contributed by atoms with E-state index in [-0.39, 0.29) is 43.5 Å². The molecule has 0 rings (SSSR count). The van der Waals surface area contributed by atoms with E-state index in [0.717, 1.165) is 25.7 Å². The maximum atomic E-state index is 11.4. The summed E-state index contributed by atoms with van der Waals surface area (Å²) in [6.45, 7) is 4.47. The fourth-order valence-electron chi connectivity index (χ4n) is 2.04. The van der Waals surface area contributed by atoms with Crippen LogP contribution in [0.3, 0.4) is 0 Å². The monoisotopic (exact) mass is 334 g/mol. The number of hydrogen-bond donors (Lipinski definition) is 0. The second-order valence-electron chi connectivity index (χ2n) is 5.27. The third-order valence-electron chi connectivity index (χ3n) is 3.21. The standard InChI is InChI=1S/C15H32O3S.Ca.2H/c1-3-5-6-7-8-9-10-11-12-13-15-19(16,17)18-14-4-2;;;/h3-15H2,1-2H3;;;. The molecule has 0 spiro atoms. The molecule has 0 aromatic rings. The molecular weight excluding hydrogens is 300 g/mol. The van der Waals surface area contributed by atoms with Crippen molar-refractivity contribution in [3.8, 4) is 0 Å². The van der Waals surface area contributed by atoms with Crippen molar-refractivity contribution >= 4 is 47.9 Å². The van der Waals surface area contributed by atoms with Crippen LogP contribution in [0.2, 0.25) is 0 Å². The van der Waals surface area contributed by atoms with Crippen LogP contribution in [-0.4, -0.2) is 58.5 Å². The summed E-state index contributed by atoms with van der Waals surface area (Å²) in [7, 11) is -3.25. The average Bonchev–Trinajstić information content (AvgIpc) is 2.38. The molecule has 0 aliphatic carbocycles. The van der Waals surface area contributed by atoms with E-state index < -0.39 is 10.1 Å². The molecule has 120 valence electrons. The van der Waals surface area contributed by atoms with Gasteiger partial charge in [0.15, 0.2) is 0 Å². The van der Waals surface area contributed by atoms with Crippen LogP contribution in [0, 0.1) is 0 Å². The fourth-order valence-corrected chi connectivity index (χ4v) is 3.13. The molecule has 0 unspecified atom stereocenters. The van der Waals surface area contributed by atoms with Crippen LogP contribution < -0.4 is 0 Å². The molecule has 3 nitrogen and oxygen atoms in total. The van der Waals surface area contributed by atoms with Crippen molar-refractivity contribution in [1.82, 2.24) is 0 Å². The Morgan fingerprint density at radius 3 is 1.60 bits per heavy atom. The van der Waals surface area contributed by atoms with E-state index in [9.17, 15) is 8.42 Å². The summed E-state index contributed by atoms with van der Waals surface area (Å²) < 4.78 is 27.6. The Morgan fingerprint density at radius 1 is 0.700 bits per heavy atom. The molecule has 0 aliphatic heterocycles. The molecule has 0 bridgehead atoms. The molecule has 20 heavy (non-hydrogen) atoms. The van der Waals surface area contributed by atoms with Gasteiger partial charge in [0.2, 0.25) is 0 Å². The summed E-state index contributed by atoms with van der Waals surface area (Å²) in [4.78, 5) is 0. The zero-order valence-electron chi connectivity index (χ0n) is 12.8. The summed E-state index contributed by atoms with van der Waals surface area (Å²) in [5.41, 5.74) is 0. The topological polar surface area (TPSA) is 43.4 Å². The van der Waals surface area contributed by atoms with Gasteiger partial charge in [-0.1, -0.05) is 71.6 Å². The first-order valence-electron chi connectivity index (χ1n) is 7.99. The molecule has 0 saturated heterocycles. The van der Waals surface area contributed by atoms with Crippen molar-refractivity contribution in [1.29, 1.82) is 0 Å². The van der Waals surface area contributed by atoms with Crippen molar-refractivity contribution in [2.75, 3.05) is 12.4 Å². The van der Waals surface area contributed by atoms with E-state index in [1.165, 1.54) is 44.9 Å². The molecule has 0 radical (unpaired) electrons. The van der Waals surface area contributed by atoms with Crippen molar-refractivity contribution in [2.24, 2.45) is 0 Å². The van der Waals surface area contributed by atoms with Crippen LogP contribution >= 0.6 is 0 Å². The second kappa shape index (κ2) is 16.5. The van der Waals surface area contributed by atoms with E-state index >= 15 is 0 Å². The summed E-state index contributed by atoms with van der Waals surface area (Å²) in [5, 5.41) is 0. The van der Waals surface area contributed by atoms with Crippen molar-refractivity contribution in [3.63, 3.8) is 0 Å². The Hall–Kier alpha value is 1.17. The van der Waals surface area contributed by atoms with E-state index in [2.05, 4.69) is 6.92 Å². The van der Waals surface area contributed by atoms with Crippen molar-refractivity contribution in [2.45, 2.75) is 84.5 Å². The minimum atomic E-state index is -3.25. The Kier molecular flexibility index (Phi) is 19.4. The molecule has 0 saturated carbocycles. The average molecular weight is 335 g/mol. The van der Waals surface area contributed by atoms with E-state index in [1.807, 2.05) is 6.92 Å². The van der Waals surface area contributed by atoms with Gasteiger partial charge in [0, 0.05) is 0 Å². The van der Waals surface area contributed by atoms with Crippen LogP contribution in [0.15, 0.2) is 0 Å². The zero-order chi connectivity index (χ0) is 14.4. The van der Waals surface area contributed by atoms with Crippen molar-refractivity contribution < 1.29 is 12.6 Å². The van der Waals surface area contributed by atoms with Gasteiger partial charge in [0.05, 0.1) is 12.4 Å². The maximum absolute atomic E-state index is 11.4. The van der Waals surface area contributed by atoms with Crippen molar-refractivity contribution in [3.05, 3.63) is 0 Å². The first-order chi connectivity index (χ1) is 9.12. The minimum absolute atomic E-state index is 0. The summed E-state index contributed by atoms with van der Waals surface area (Å²) >= 11 is 0. The number of rotatable bonds is 14. The van der Waals surface area contributed by atoms with Gasteiger partial charge in [-0.05, 0) is 12.8 Å². The van der Waals surface area contributed by atoms with Gasteiger partial charge in [0.1, 0.15) is 0 Å². The summed E-state index contributed by atoms with van der Waals surface area (Å²) in [5.74, 6) is 0.184. The van der Waals surface area contributed by atoms with Gasteiger partial charge in [-0.15, -0.1) is 0 Å². The molecule has 0 N–H and O–H groups in total. The number of unbranched alkanes of at least 4 members (excludes halogenated alkanes) is 9. The van der Waals surface area contributed by atoms with Gasteiger partial charge in [-0.25, -0.2) is 0 Å². The molecule has 0 atom stereocenters. The SMILES string of the molecule is CCCCCCCCCCCCS(=O)(=O)OCCC.[CaH2]. The molecule has 0 aromatic heterocycles. The van der Waals surface area contributed by atoms with Gasteiger partial charge in [-0.3, -0.25) is 4.18 Å². The Labute approximate surface area is 156 Å². The van der Waals surface area contributed by atoms with Gasteiger partial charge >= 0.3 is 37.7 Å². The first-order valence-corrected chi connectivity index (χ1v) is 9.57. The zero-order valence-corrected chi connectivity index (χ0v) is 13.6. The molecule has 0 aliphatic rings. The quantitative estimate of drug-likeness (QED) is 0.276. The van der Waals surface area contributed by atoms with Crippen LogP contribution in [0.5, 0.6) is 0 Å². The van der Waals surface area contributed by atoms with Crippen LogP contribution in [-0.2, 0) is 14.3 Å². The third kappa shape index (κ3) is 17.2. The molecule has 0 heterocycles. The second-order valence-corrected chi connectivity index (χ2v) is 7.03. The Balaban J connectivity index is 0. The van der Waals surface area contributed by atoms with Crippen LogP contribution in [0.1, 0.15) is 84.5 Å². The summed E-state index contributed by atoms with van der Waals surface area (Å²) in [6.07, 6.45) is 12.9. The fraction of sp³-hybridized carbons (Fsp3) is 1.00. The summed E-state index contributed by atoms with van der Waals surface area (Å²) in [6, 6.07) is 0. The van der Waals surface area contributed by atoms with E-state index in [1.54, 1.807) is 0 Å². The predicted octanol–water partition coefficient (Wildman–Crippen LogP) is 3.75. The van der Waals surface area contributed by atoms with Gasteiger partial charge < -0.3 is 0 Å². The third-order valence-corrected chi connectivity index (χ3v) is 4.53. The van der Waals surface area contributed by atoms with E-state index in [4.69, 9.17) is 4.18 Å². The normalized spacial score (nSPS) is 11.3. The Bertz CT molecular complexity index is 279. The van der Waals surface area contributed by atoms with E-state index in [0.29, 0.717) is 6.61 Å².